The Morgan fingerprint density at radius 2 is 1.90 bits per heavy atom. The number of aryl methyl sites for hydroxylation is 1. The van der Waals surface area contributed by atoms with Crippen LogP contribution in [-0.2, 0) is 5.41 Å². The highest BCUT2D eigenvalue weighted by atomic mass is 35.5. The van der Waals surface area contributed by atoms with Gasteiger partial charge in [-0.15, -0.1) is 0 Å². The van der Waals surface area contributed by atoms with Gasteiger partial charge in [0.15, 0.2) is 5.82 Å². The highest BCUT2D eigenvalue weighted by Crippen LogP contribution is 2.26. The second-order valence-electron chi connectivity index (χ2n) is 6.13. The largest absolute Gasteiger partial charge is 0.370 e. The quantitative estimate of drug-likeness (QED) is 0.940. The van der Waals surface area contributed by atoms with Crippen LogP contribution in [0.25, 0.3) is 5.82 Å². The van der Waals surface area contributed by atoms with E-state index in [1.165, 1.54) is 0 Å². The normalized spacial score (nSPS) is 11.8. The van der Waals surface area contributed by atoms with E-state index in [-0.39, 0.29) is 5.41 Å². The number of anilines is 1. The van der Waals surface area contributed by atoms with Gasteiger partial charge in [0.1, 0.15) is 11.6 Å². The molecular weight excluding hydrogens is 286 g/mol. The Hall–Kier alpha value is -1.62. The molecule has 2 aromatic rings. The van der Waals surface area contributed by atoms with Crippen molar-refractivity contribution in [1.29, 1.82) is 0 Å². The molecule has 0 fully saturated rings. The molecule has 0 aliphatic heterocycles. The Kier molecular flexibility index (Phi) is 4.23. The molecule has 2 rings (SSSR count). The topological polar surface area (TPSA) is 55.6 Å². The van der Waals surface area contributed by atoms with Crippen molar-refractivity contribution >= 4 is 17.4 Å². The molecule has 0 radical (unpaired) electrons. The SMILES string of the molecule is CCNc1nc(C(C)(C)C)nc(-n2cc(Cl)c(C)n2)c1C. The summed E-state index contributed by atoms with van der Waals surface area (Å²) in [6.45, 7) is 13.0. The van der Waals surface area contributed by atoms with E-state index >= 15 is 0 Å². The zero-order valence-corrected chi connectivity index (χ0v) is 14.2. The summed E-state index contributed by atoms with van der Waals surface area (Å²) in [5.41, 5.74) is 1.61. The van der Waals surface area contributed by atoms with Gasteiger partial charge in [0.05, 0.1) is 16.9 Å². The lowest BCUT2D eigenvalue weighted by atomic mass is 9.95. The predicted octanol–water partition coefficient (Wildman–Crippen LogP) is 3.66. The van der Waals surface area contributed by atoms with Crippen LogP contribution in [0.5, 0.6) is 0 Å². The zero-order valence-electron chi connectivity index (χ0n) is 13.5. The molecule has 0 amide bonds. The fourth-order valence-electron chi connectivity index (χ4n) is 1.95. The van der Waals surface area contributed by atoms with E-state index in [9.17, 15) is 0 Å². The third kappa shape index (κ3) is 3.18. The minimum Gasteiger partial charge on any atom is -0.370 e. The maximum Gasteiger partial charge on any atom is 0.162 e. The number of aromatic nitrogens is 4. The molecule has 114 valence electrons. The third-order valence-electron chi connectivity index (χ3n) is 3.19. The van der Waals surface area contributed by atoms with Crippen molar-refractivity contribution in [2.75, 3.05) is 11.9 Å². The maximum absolute atomic E-state index is 6.12. The fraction of sp³-hybridized carbons (Fsp3) is 0.533. The molecule has 1 N–H and O–H groups in total. The van der Waals surface area contributed by atoms with Crippen LogP contribution in [0.1, 0.15) is 44.8 Å². The predicted molar refractivity (Wildman–Crippen MR) is 86.5 cm³/mol. The minimum absolute atomic E-state index is 0.140. The number of nitrogens with zero attached hydrogens (tertiary/aromatic N) is 4. The van der Waals surface area contributed by atoms with Crippen molar-refractivity contribution in [2.24, 2.45) is 0 Å². The van der Waals surface area contributed by atoms with Crippen molar-refractivity contribution in [2.45, 2.75) is 47.0 Å². The first-order valence-electron chi connectivity index (χ1n) is 7.09. The van der Waals surface area contributed by atoms with Crippen LogP contribution in [0.4, 0.5) is 5.82 Å². The molecule has 0 aliphatic carbocycles. The second-order valence-corrected chi connectivity index (χ2v) is 6.54. The molecule has 5 nitrogen and oxygen atoms in total. The highest BCUT2D eigenvalue weighted by Gasteiger charge is 2.22. The van der Waals surface area contributed by atoms with Crippen LogP contribution in [0.15, 0.2) is 6.20 Å². The molecule has 0 saturated heterocycles. The summed E-state index contributed by atoms with van der Waals surface area (Å²) < 4.78 is 1.73. The minimum atomic E-state index is -0.140. The van der Waals surface area contributed by atoms with E-state index < -0.39 is 0 Å². The van der Waals surface area contributed by atoms with E-state index in [2.05, 4.69) is 36.2 Å². The maximum atomic E-state index is 6.12. The molecule has 0 bridgehead atoms. The standard InChI is InChI=1S/C15H22ClN5/c1-7-17-12-9(2)13(19-14(18-12)15(4,5)6)21-8-11(16)10(3)20-21/h8H,7H2,1-6H3,(H,17,18,19). The molecule has 0 spiro atoms. The zero-order chi connectivity index (χ0) is 15.8. The average Bonchev–Trinajstić information content (AvgIpc) is 2.71. The van der Waals surface area contributed by atoms with Gasteiger partial charge in [0.2, 0.25) is 0 Å². The summed E-state index contributed by atoms with van der Waals surface area (Å²) in [5, 5.41) is 8.36. The Balaban J connectivity index is 2.66. The third-order valence-corrected chi connectivity index (χ3v) is 3.56. The van der Waals surface area contributed by atoms with Gasteiger partial charge >= 0.3 is 0 Å². The monoisotopic (exact) mass is 307 g/mol. The average molecular weight is 308 g/mol. The number of rotatable bonds is 3. The Morgan fingerprint density at radius 3 is 2.38 bits per heavy atom. The Bertz CT molecular complexity index is 635. The summed E-state index contributed by atoms with van der Waals surface area (Å²) in [5.74, 6) is 2.39. The lowest BCUT2D eigenvalue weighted by Crippen LogP contribution is -2.20. The van der Waals surface area contributed by atoms with Crippen molar-refractivity contribution in [3.8, 4) is 5.82 Å². The van der Waals surface area contributed by atoms with Crippen molar-refractivity contribution in [1.82, 2.24) is 19.7 Å². The molecule has 2 aromatic heterocycles. The molecule has 0 saturated carbocycles. The second kappa shape index (κ2) is 5.64. The van der Waals surface area contributed by atoms with Crippen LogP contribution >= 0.6 is 11.6 Å². The van der Waals surface area contributed by atoms with Crippen molar-refractivity contribution < 1.29 is 0 Å². The molecule has 0 atom stereocenters. The summed E-state index contributed by atoms with van der Waals surface area (Å²) in [4.78, 5) is 9.35. The van der Waals surface area contributed by atoms with E-state index in [1.807, 2.05) is 20.8 Å². The van der Waals surface area contributed by atoms with Crippen LogP contribution in [0.2, 0.25) is 5.02 Å². The number of nitrogens with one attached hydrogen (secondary N) is 1. The summed E-state index contributed by atoms with van der Waals surface area (Å²) in [6, 6.07) is 0. The van der Waals surface area contributed by atoms with Crippen molar-refractivity contribution in [3.05, 3.63) is 28.3 Å². The lowest BCUT2D eigenvalue weighted by Gasteiger charge is -2.20. The van der Waals surface area contributed by atoms with Crippen molar-refractivity contribution in [3.63, 3.8) is 0 Å². The first-order chi connectivity index (χ1) is 9.74. The summed E-state index contributed by atoms with van der Waals surface area (Å²) >= 11 is 6.12. The van der Waals surface area contributed by atoms with Gasteiger partial charge in [-0.05, 0) is 20.8 Å². The van der Waals surface area contributed by atoms with Gasteiger partial charge in [-0.2, -0.15) is 5.10 Å². The number of hydrogen-bond acceptors (Lipinski definition) is 4. The molecule has 0 aliphatic rings. The molecular formula is C15H22ClN5. The molecule has 6 heteroatoms. The van der Waals surface area contributed by atoms with E-state index in [4.69, 9.17) is 16.6 Å². The van der Waals surface area contributed by atoms with Gasteiger partial charge in [0.25, 0.3) is 0 Å². The summed E-state index contributed by atoms with van der Waals surface area (Å²) in [7, 11) is 0. The Morgan fingerprint density at radius 1 is 1.24 bits per heavy atom. The first kappa shape index (κ1) is 15.8. The van der Waals surface area contributed by atoms with E-state index in [0.29, 0.717) is 5.02 Å². The Labute approximate surface area is 130 Å². The van der Waals surface area contributed by atoms with Gasteiger partial charge in [0, 0.05) is 17.5 Å². The highest BCUT2D eigenvalue weighted by molar-refractivity contribution is 6.31. The number of halogens is 1. The van der Waals surface area contributed by atoms with Gasteiger partial charge in [-0.25, -0.2) is 14.6 Å². The smallest absolute Gasteiger partial charge is 0.162 e. The molecule has 21 heavy (non-hydrogen) atoms. The van der Waals surface area contributed by atoms with E-state index in [0.717, 1.165) is 35.3 Å². The van der Waals surface area contributed by atoms with Crippen LogP contribution in [0, 0.1) is 13.8 Å². The van der Waals surface area contributed by atoms with Crippen LogP contribution < -0.4 is 5.32 Å². The molecule has 0 unspecified atom stereocenters. The van der Waals surface area contributed by atoms with Gasteiger partial charge < -0.3 is 5.32 Å². The lowest BCUT2D eigenvalue weighted by molar-refractivity contribution is 0.542. The molecule has 0 aromatic carbocycles. The van der Waals surface area contributed by atoms with Gasteiger partial charge in [-0.1, -0.05) is 32.4 Å². The number of hydrogen-bond donors (Lipinski definition) is 1. The van der Waals surface area contributed by atoms with Gasteiger partial charge in [-0.3, -0.25) is 0 Å². The van der Waals surface area contributed by atoms with E-state index in [1.54, 1.807) is 10.9 Å². The fourth-order valence-corrected chi connectivity index (χ4v) is 2.08. The first-order valence-corrected chi connectivity index (χ1v) is 7.47. The van der Waals surface area contributed by atoms with Crippen LogP contribution in [-0.4, -0.2) is 26.3 Å². The van der Waals surface area contributed by atoms with Crippen LogP contribution in [0.3, 0.4) is 0 Å². The summed E-state index contributed by atoms with van der Waals surface area (Å²) in [6.07, 6.45) is 1.79. The molecule has 2 heterocycles.